The number of benzene rings is 1. The first-order valence-corrected chi connectivity index (χ1v) is 6.23. The topological polar surface area (TPSA) is 64.9 Å². The SMILES string of the molecule is Cc1nc2onc(-c3ccccc3)c2c(C)c1CN. The molecule has 96 valence electrons. The molecule has 0 aliphatic rings. The molecule has 0 atom stereocenters. The maximum Gasteiger partial charge on any atom is 0.258 e. The van der Waals surface area contributed by atoms with Crippen molar-refractivity contribution in [2.45, 2.75) is 20.4 Å². The Morgan fingerprint density at radius 3 is 2.58 bits per heavy atom. The molecule has 0 amide bonds. The third-order valence-corrected chi connectivity index (χ3v) is 3.46. The molecule has 0 aliphatic carbocycles. The number of pyridine rings is 1. The molecule has 4 heteroatoms. The van der Waals surface area contributed by atoms with Gasteiger partial charge in [-0.05, 0) is 25.0 Å². The zero-order valence-electron chi connectivity index (χ0n) is 11.0. The summed E-state index contributed by atoms with van der Waals surface area (Å²) in [7, 11) is 0. The van der Waals surface area contributed by atoms with E-state index in [-0.39, 0.29) is 0 Å². The van der Waals surface area contributed by atoms with E-state index in [2.05, 4.69) is 10.1 Å². The molecular weight excluding hydrogens is 238 g/mol. The summed E-state index contributed by atoms with van der Waals surface area (Å²) in [6.07, 6.45) is 0. The standard InChI is InChI=1S/C15H15N3O/c1-9-12(8-16)10(2)17-15-13(9)14(18-19-15)11-6-4-3-5-7-11/h3-7H,8,16H2,1-2H3. The fraction of sp³-hybridized carbons (Fsp3) is 0.200. The minimum absolute atomic E-state index is 0.472. The summed E-state index contributed by atoms with van der Waals surface area (Å²) >= 11 is 0. The minimum atomic E-state index is 0.472. The second-order valence-electron chi connectivity index (χ2n) is 4.58. The zero-order chi connectivity index (χ0) is 13.4. The van der Waals surface area contributed by atoms with Crippen molar-refractivity contribution >= 4 is 11.1 Å². The third-order valence-electron chi connectivity index (χ3n) is 3.46. The highest BCUT2D eigenvalue weighted by Crippen LogP contribution is 2.31. The van der Waals surface area contributed by atoms with Crippen LogP contribution in [0.1, 0.15) is 16.8 Å². The summed E-state index contributed by atoms with van der Waals surface area (Å²) in [5, 5.41) is 5.12. The number of aromatic nitrogens is 2. The molecule has 2 aromatic heterocycles. The lowest BCUT2D eigenvalue weighted by Gasteiger charge is -2.07. The number of fused-ring (bicyclic) bond motifs is 1. The van der Waals surface area contributed by atoms with Crippen molar-refractivity contribution in [1.82, 2.24) is 10.1 Å². The van der Waals surface area contributed by atoms with E-state index < -0.39 is 0 Å². The van der Waals surface area contributed by atoms with E-state index in [1.165, 1.54) is 0 Å². The van der Waals surface area contributed by atoms with Crippen molar-refractivity contribution < 1.29 is 4.52 Å². The number of rotatable bonds is 2. The van der Waals surface area contributed by atoms with Crippen molar-refractivity contribution in [3.63, 3.8) is 0 Å². The predicted octanol–water partition coefficient (Wildman–Crippen LogP) is 2.97. The lowest BCUT2D eigenvalue weighted by molar-refractivity contribution is 0.451. The molecule has 4 nitrogen and oxygen atoms in total. The molecule has 1 aromatic carbocycles. The van der Waals surface area contributed by atoms with Gasteiger partial charge in [0.2, 0.25) is 0 Å². The van der Waals surface area contributed by atoms with Crippen LogP contribution < -0.4 is 5.73 Å². The molecule has 0 bridgehead atoms. The van der Waals surface area contributed by atoms with Crippen LogP contribution in [0, 0.1) is 13.8 Å². The Balaban J connectivity index is 2.34. The summed E-state index contributed by atoms with van der Waals surface area (Å²) < 4.78 is 5.36. The first-order valence-electron chi connectivity index (χ1n) is 6.23. The van der Waals surface area contributed by atoms with Gasteiger partial charge in [0, 0.05) is 17.8 Å². The predicted molar refractivity (Wildman–Crippen MR) is 74.6 cm³/mol. The highest BCUT2D eigenvalue weighted by atomic mass is 16.5. The highest BCUT2D eigenvalue weighted by molar-refractivity contribution is 5.93. The molecule has 0 aliphatic heterocycles. The largest absolute Gasteiger partial charge is 0.335 e. The summed E-state index contributed by atoms with van der Waals surface area (Å²) in [6.45, 7) is 4.46. The molecule has 2 N–H and O–H groups in total. The summed E-state index contributed by atoms with van der Waals surface area (Å²) in [6, 6.07) is 9.97. The van der Waals surface area contributed by atoms with Gasteiger partial charge in [-0.1, -0.05) is 35.5 Å². The monoisotopic (exact) mass is 253 g/mol. The molecule has 0 radical (unpaired) electrons. The Kier molecular flexibility index (Phi) is 2.80. The van der Waals surface area contributed by atoms with Crippen LogP contribution in [-0.2, 0) is 6.54 Å². The Morgan fingerprint density at radius 2 is 1.89 bits per heavy atom. The van der Waals surface area contributed by atoms with Gasteiger partial charge in [0.05, 0.1) is 5.39 Å². The van der Waals surface area contributed by atoms with E-state index >= 15 is 0 Å². The van der Waals surface area contributed by atoms with Crippen LogP contribution in [0.15, 0.2) is 34.9 Å². The van der Waals surface area contributed by atoms with E-state index in [9.17, 15) is 0 Å². The first-order chi connectivity index (χ1) is 9.22. The second kappa shape index (κ2) is 4.48. The fourth-order valence-corrected chi connectivity index (χ4v) is 2.43. The Labute approximate surface area is 111 Å². The quantitative estimate of drug-likeness (QED) is 0.762. The summed E-state index contributed by atoms with van der Waals surface area (Å²) in [4.78, 5) is 4.44. The number of hydrogen-bond acceptors (Lipinski definition) is 4. The lowest BCUT2D eigenvalue weighted by atomic mass is 10.0. The average Bonchev–Trinajstić information content (AvgIpc) is 2.84. The van der Waals surface area contributed by atoms with Gasteiger partial charge in [-0.3, -0.25) is 0 Å². The highest BCUT2D eigenvalue weighted by Gasteiger charge is 2.17. The van der Waals surface area contributed by atoms with Crippen molar-refractivity contribution in [3.05, 3.63) is 47.2 Å². The molecule has 0 unspecified atom stereocenters. The fourth-order valence-electron chi connectivity index (χ4n) is 2.43. The van der Waals surface area contributed by atoms with Gasteiger partial charge in [-0.25, -0.2) is 4.98 Å². The van der Waals surface area contributed by atoms with Crippen LogP contribution in [0.3, 0.4) is 0 Å². The van der Waals surface area contributed by atoms with Gasteiger partial charge in [-0.2, -0.15) is 0 Å². The molecule has 0 spiro atoms. The lowest BCUT2D eigenvalue weighted by Crippen LogP contribution is -2.04. The van der Waals surface area contributed by atoms with Crippen LogP contribution in [-0.4, -0.2) is 10.1 Å². The van der Waals surface area contributed by atoms with Crippen LogP contribution in [0.4, 0.5) is 0 Å². The number of nitrogens with two attached hydrogens (primary N) is 1. The smallest absolute Gasteiger partial charge is 0.258 e. The Bertz CT molecular complexity index is 732. The van der Waals surface area contributed by atoms with E-state index in [1.54, 1.807) is 0 Å². The van der Waals surface area contributed by atoms with Crippen LogP contribution in [0.5, 0.6) is 0 Å². The zero-order valence-corrected chi connectivity index (χ0v) is 11.0. The van der Waals surface area contributed by atoms with E-state index in [1.807, 2.05) is 44.2 Å². The Morgan fingerprint density at radius 1 is 1.16 bits per heavy atom. The van der Waals surface area contributed by atoms with Gasteiger partial charge >= 0.3 is 0 Å². The van der Waals surface area contributed by atoms with Crippen molar-refractivity contribution in [2.75, 3.05) is 0 Å². The van der Waals surface area contributed by atoms with Gasteiger partial charge in [0.15, 0.2) is 0 Å². The Hall–Kier alpha value is -2.20. The molecule has 0 fully saturated rings. The van der Waals surface area contributed by atoms with E-state index in [0.717, 1.165) is 33.5 Å². The third kappa shape index (κ3) is 1.81. The first kappa shape index (κ1) is 11.9. The summed E-state index contributed by atoms with van der Waals surface area (Å²) in [5.74, 6) is 0. The maximum absolute atomic E-state index is 5.81. The van der Waals surface area contributed by atoms with E-state index in [4.69, 9.17) is 10.3 Å². The second-order valence-corrected chi connectivity index (χ2v) is 4.58. The van der Waals surface area contributed by atoms with Crippen molar-refractivity contribution in [3.8, 4) is 11.3 Å². The number of aryl methyl sites for hydroxylation is 2. The minimum Gasteiger partial charge on any atom is -0.335 e. The molecule has 0 saturated heterocycles. The van der Waals surface area contributed by atoms with Crippen molar-refractivity contribution in [2.24, 2.45) is 5.73 Å². The molecule has 2 heterocycles. The van der Waals surface area contributed by atoms with Gasteiger partial charge < -0.3 is 10.3 Å². The van der Waals surface area contributed by atoms with Crippen LogP contribution >= 0.6 is 0 Å². The van der Waals surface area contributed by atoms with Crippen molar-refractivity contribution in [1.29, 1.82) is 0 Å². The summed E-state index contributed by atoms with van der Waals surface area (Å²) in [5.41, 5.74) is 11.3. The van der Waals surface area contributed by atoms with E-state index in [0.29, 0.717) is 12.3 Å². The van der Waals surface area contributed by atoms with Gasteiger partial charge in [0.1, 0.15) is 5.69 Å². The molecule has 3 aromatic rings. The average molecular weight is 253 g/mol. The van der Waals surface area contributed by atoms with Crippen LogP contribution in [0.25, 0.3) is 22.4 Å². The molecule has 19 heavy (non-hydrogen) atoms. The maximum atomic E-state index is 5.81. The molecular formula is C15H15N3O. The van der Waals surface area contributed by atoms with Crippen LogP contribution in [0.2, 0.25) is 0 Å². The van der Waals surface area contributed by atoms with Gasteiger partial charge in [-0.15, -0.1) is 0 Å². The number of hydrogen-bond donors (Lipinski definition) is 1. The normalized spacial score (nSPS) is 11.1. The molecule has 0 saturated carbocycles. The number of nitrogens with zero attached hydrogens (tertiary/aromatic N) is 2. The van der Waals surface area contributed by atoms with Gasteiger partial charge in [0.25, 0.3) is 5.71 Å². The molecule has 3 rings (SSSR count).